The van der Waals surface area contributed by atoms with Crippen LogP contribution in [0.5, 0.6) is 0 Å². The van der Waals surface area contributed by atoms with Crippen LogP contribution < -0.4 is 5.32 Å². The van der Waals surface area contributed by atoms with E-state index in [0.717, 1.165) is 11.4 Å². The summed E-state index contributed by atoms with van der Waals surface area (Å²) in [5.74, 6) is 0.192. The van der Waals surface area contributed by atoms with Crippen LogP contribution in [0.3, 0.4) is 0 Å². The van der Waals surface area contributed by atoms with Crippen molar-refractivity contribution in [1.29, 1.82) is 0 Å². The molecule has 1 amide bonds. The maximum absolute atomic E-state index is 11.4. The molecule has 14 heavy (non-hydrogen) atoms. The van der Waals surface area contributed by atoms with E-state index in [1.54, 1.807) is 18.7 Å². The van der Waals surface area contributed by atoms with Crippen LogP contribution in [0, 0.1) is 0 Å². The van der Waals surface area contributed by atoms with Gasteiger partial charge in [0.05, 0.1) is 24.5 Å². The molecule has 0 aliphatic carbocycles. The van der Waals surface area contributed by atoms with Gasteiger partial charge in [-0.25, -0.2) is 4.98 Å². The minimum atomic E-state index is -0.202. The van der Waals surface area contributed by atoms with Crippen molar-refractivity contribution in [2.75, 3.05) is 7.05 Å². The second-order valence-electron chi connectivity index (χ2n) is 3.29. The second-order valence-corrected chi connectivity index (χ2v) is 3.29. The molecule has 1 aliphatic heterocycles. The van der Waals surface area contributed by atoms with Crippen LogP contribution in [0.15, 0.2) is 0 Å². The first-order valence-electron chi connectivity index (χ1n) is 4.34. The molecule has 0 saturated heterocycles. The molecule has 1 aromatic heterocycles. The zero-order valence-electron chi connectivity index (χ0n) is 8.11. The Labute approximate surface area is 81.1 Å². The number of carbonyl (C=O) groups is 1. The molecule has 2 heterocycles. The summed E-state index contributed by atoms with van der Waals surface area (Å²) < 4.78 is 1.71. The largest absolute Gasteiger partial charge is 0.352 e. The summed E-state index contributed by atoms with van der Waals surface area (Å²) in [5.41, 5.74) is 1.67. The van der Waals surface area contributed by atoms with Gasteiger partial charge in [-0.05, 0) is 0 Å². The number of aromatic nitrogens is 2. The fraction of sp³-hybridized carbons (Fsp3) is 0.500. The van der Waals surface area contributed by atoms with Crippen LogP contribution in [-0.4, -0.2) is 32.8 Å². The van der Waals surface area contributed by atoms with Crippen molar-refractivity contribution in [2.24, 2.45) is 7.05 Å². The van der Waals surface area contributed by atoms with Gasteiger partial charge in [0.2, 0.25) is 0 Å². The number of rotatable bonds is 1. The van der Waals surface area contributed by atoms with Crippen molar-refractivity contribution in [3.05, 3.63) is 17.2 Å². The zero-order valence-corrected chi connectivity index (χ0v) is 8.11. The molecule has 0 spiro atoms. The summed E-state index contributed by atoms with van der Waals surface area (Å²) in [6.07, 6.45) is 0. The summed E-state index contributed by atoms with van der Waals surface area (Å²) in [6, 6.07) is 0. The molecule has 0 saturated carbocycles. The van der Waals surface area contributed by atoms with E-state index in [4.69, 9.17) is 0 Å². The van der Waals surface area contributed by atoms with Gasteiger partial charge in [0.25, 0.3) is 5.91 Å². The van der Waals surface area contributed by atoms with E-state index < -0.39 is 0 Å². The quantitative estimate of drug-likeness (QED) is 0.634. The number of imidazole rings is 1. The Balaban J connectivity index is 2.40. The van der Waals surface area contributed by atoms with Crippen molar-refractivity contribution in [1.82, 2.24) is 19.9 Å². The Morgan fingerprint density at radius 1 is 1.57 bits per heavy atom. The molecule has 76 valence electrons. The summed E-state index contributed by atoms with van der Waals surface area (Å²) in [7, 11) is 3.34. The van der Waals surface area contributed by atoms with Gasteiger partial charge in [-0.3, -0.25) is 4.79 Å². The molecule has 1 aromatic rings. The molecule has 0 aromatic carbocycles. The van der Waals surface area contributed by atoms with Gasteiger partial charge in [0.15, 0.2) is 5.82 Å². The molecule has 0 radical (unpaired) electrons. The number of carbonyl (C=O) groups excluding carboxylic acids is 1. The average Bonchev–Trinajstić information content (AvgIpc) is 2.64. The number of hydrogen-bond donors (Lipinski definition) is 2. The lowest BCUT2D eigenvalue weighted by molar-refractivity contribution is -0.0985. The molecule has 0 atom stereocenters. The SMILES string of the molecule is CNC(=O)c1nc2c(n1C)CN(O)C2. The normalized spacial score (nSPS) is 15.6. The fourth-order valence-electron chi connectivity index (χ4n) is 1.63. The highest BCUT2D eigenvalue weighted by atomic mass is 16.5. The second kappa shape index (κ2) is 3.07. The fourth-order valence-corrected chi connectivity index (χ4v) is 1.63. The third-order valence-electron chi connectivity index (χ3n) is 2.39. The first kappa shape index (κ1) is 9.17. The highest BCUT2D eigenvalue weighted by Crippen LogP contribution is 2.20. The first-order chi connectivity index (χ1) is 6.63. The lowest BCUT2D eigenvalue weighted by atomic mass is 10.4. The van der Waals surface area contributed by atoms with E-state index in [-0.39, 0.29) is 5.91 Å². The minimum Gasteiger partial charge on any atom is -0.352 e. The summed E-state index contributed by atoms with van der Waals surface area (Å²) in [5, 5.41) is 12.9. The smallest absolute Gasteiger partial charge is 0.287 e. The first-order valence-corrected chi connectivity index (χ1v) is 4.34. The predicted molar refractivity (Wildman–Crippen MR) is 47.6 cm³/mol. The summed E-state index contributed by atoms with van der Waals surface area (Å²) in [4.78, 5) is 15.5. The van der Waals surface area contributed by atoms with Gasteiger partial charge in [-0.2, -0.15) is 5.06 Å². The molecule has 2 N–H and O–H groups in total. The number of amides is 1. The zero-order chi connectivity index (χ0) is 10.3. The van der Waals surface area contributed by atoms with Crippen LogP contribution in [0.4, 0.5) is 0 Å². The Kier molecular flexibility index (Phi) is 2.01. The number of nitrogens with one attached hydrogen (secondary N) is 1. The molecule has 0 fully saturated rings. The van der Waals surface area contributed by atoms with Crippen LogP contribution in [0.2, 0.25) is 0 Å². The van der Waals surface area contributed by atoms with Gasteiger partial charge in [-0.1, -0.05) is 0 Å². The molecular formula is C8H12N4O2. The van der Waals surface area contributed by atoms with Gasteiger partial charge in [-0.15, -0.1) is 0 Å². The monoisotopic (exact) mass is 196 g/mol. The highest BCUT2D eigenvalue weighted by molar-refractivity contribution is 5.90. The lowest BCUT2D eigenvalue weighted by Crippen LogP contribution is -2.23. The van der Waals surface area contributed by atoms with Gasteiger partial charge in [0.1, 0.15) is 0 Å². The van der Waals surface area contributed by atoms with E-state index in [1.807, 2.05) is 0 Å². The van der Waals surface area contributed by atoms with E-state index in [0.29, 0.717) is 18.9 Å². The van der Waals surface area contributed by atoms with Crippen molar-refractivity contribution in [3.63, 3.8) is 0 Å². The maximum Gasteiger partial charge on any atom is 0.287 e. The molecule has 6 nitrogen and oxygen atoms in total. The van der Waals surface area contributed by atoms with E-state index >= 15 is 0 Å². The van der Waals surface area contributed by atoms with Crippen LogP contribution >= 0.6 is 0 Å². The van der Waals surface area contributed by atoms with Crippen molar-refractivity contribution >= 4 is 5.91 Å². The van der Waals surface area contributed by atoms with Crippen LogP contribution in [0.1, 0.15) is 22.0 Å². The molecule has 1 aliphatic rings. The van der Waals surface area contributed by atoms with Crippen LogP contribution in [-0.2, 0) is 20.1 Å². The van der Waals surface area contributed by atoms with E-state index in [1.165, 1.54) is 5.06 Å². The van der Waals surface area contributed by atoms with Crippen molar-refractivity contribution in [2.45, 2.75) is 13.1 Å². The highest BCUT2D eigenvalue weighted by Gasteiger charge is 2.26. The molecule has 2 rings (SSSR count). The molecule has 6 heteroatoms. The van der Waals surface area contributed by atoms with Gasteiger partial charge >= 0.3 is 0 Å². The topological polar surface area (TPSA) is 70.4 Å². The third kappa shape index (κ3) is 1.19. The molecular weight excluding hydrogens is 184 g/mol. The number of hydroxylamine groups is 2. The Bertz CT molecular complexity index is 385. The third-order valence-corrected chi connectivity index (χ3v) is 2.39. The van der Waals surface area contributed by atoms with Crippen molar-refractivity contribution in [3.8, 4) is 0 Å². The Morgan fingerprint density at radius 2 is 2.29 bits per heavy atom. The predicted octanol–water partition coefficient (Wildman–Crippen LogP) is -0.516. The number of fused-ring (bicyclic) bond motifs is 1. The lowest BCUT2D eigenvalue weighted by Gasteiger charge is -2.06. The molecule has 0 bridgehead atoms. The summed E-state index contributed by atoms with van der Waals surface area (Å²) in [6.45, 7) is 0.815. The Morgan fingerprint density at radius 3 is 2.86 bits per heavy atom. The number of nitrogens with zero attached hydrogens (tertiary/aromatic N) is 3. The van der Waals surface area contributed by atoms with Gasteiger partial charge < -0.3 is 15.1 Å². The van der Waals surface area contributed by atoms with Crippen molar-refractivity contribution < 1.29 is 10.0 Å². The van der Waals surface area contributed by atoms with E-state index in [9.17, 15) is 10.0 Å². The van der Waals surface area contributed by atoms with E-state index in [2.05, 4.69) is 10.3 Å². The van der Waals surface area contributed by atoms with Crippen LogP contribution in [0.25, 0.3) is 0 Å². The number of hydrogen-bond acceptors (Lipinski definition) is 4. The van der Waals surface area contributed by atoms with Gasteiger partial charge in [0, 0.05) is 14.1 Å². The average molecular weight is 196 g/mol. The minimum absolute atomic E-state index is 0.202. The maximum atomic E-state index is 11.4. The molecule has 0 unspecified atom stereocenters. The Hall–Kier alpha value is -1.40. The summed E-state index contributed by atoms with van der Waals surface area (Å²) >= 11 is 0. The standard InChI is InChI=1S/C8H12N4O2/c1-9-8(13)7-10-5-3-12(14)4-6(5)11(7)2/h14H,3-4H2,1-2H3,(H,9,13).